The standard InChI is InChI=1S/C21H30N2/c1-7-20(4,5)21-13-15-22(6)19(21)23(14-12-16(2)3)18-11-9-8-10-17(18)21/h7-12,19H,1,13-15H2,2-6H3/t19-,21-/m0/s1. The van der Waals surface area contributed by atoms with Crippen molar-refractivity contribution in [2.24, 2.45) is 5.41 Å². The van der Waals surface area contributed by atoms with Crippen molar-refractivity contribution >= 4 is 5.69 Å². The quantitative estimate of drug-likeness (QED) is 0.751. The maximum absolute atomic E-state index is 4.18. The maximum Gasteiger partial charge on any atom is 0.0929 e. The first-order valence-electron chi connectivity index (χ1n) is 8.68. The number of fused-ring (bicyclic) bond motifs is 3. The lowest BCUT2D eigenvalue weighted by atomic mass is 9.60. The summed E-state index contributed by atoms with van der Waals surface area (Å²) < 4.78 is 0. The Balaban J connectivity index is 2.19. The van der Waals surface area contributed by atoms with Gasteiger partial charge in [0.05, 0.1) is 6.17 Å². The summed E-state index contributed by atoms with van der Waals surface area (Å²) in [6.07, 6.45) is 6.11. The molecule has 2 atom stereocenters. The Morgan fingerprint density at radius 3 is 2.70 bits per heavy atom. The van der Waals surface area contributed by atoms with E-state index in [1.807, 2.05) is 0 Å². The van der Waals surface area contributed by atoms with Crippen LogP contribution in [0.4, 0.5) is 5.69 Å². The highest BCUT2D eigenvalue weighted by atomic mass is 15.4. The highest BCUT2D eigenvalue weighted by Gasteiger charge is 2.61. The normalized spacial score (nSPS) is 26.8. The molecule has 1 aromatic carbocycles. The van der Waals surface area contributed by atoms with E-state index in [4.69, 9.17) is 0 Å². The molecular weight excluding hydrogens is 280 g/mol. The van der Waals surface area contributed by atoms with E-state index in [2.05, 4.69) is 87.5 Å². The third-order valence-electron chi connectivity index (χ3n) is 6.06. The molecule has 2 nitrogen and oxygen atoms in total. The van der Waals surface area contributed by atoms with Crippen LogP contribution in [0.5, 0.6) is 0 Å². The molecule has 23 heavy (non-hydrogen) atoms. The zero-order valence-electron chi connectivity index (χ0n) is 15.3. The first kappa shape index (κ1) is 16.3. The number of nitrogens with zero attached hydrogens (tertiary/aromatic N) is 2. The molecule has 0 unspecified atom stereocenters. The molecule has 0 amide bonds. The SMILES string of the molecule is C=CC(C)(C)[C@]12CCN(C)[C@H]1N(CC=C(C)C)c1ccccc12. The predicted octanol–water partition coefficient (Wildman–Crippen LogP) is 4.58. The summed E-state index contributed by atoms with van der Waals surface area (Å²) in [6.45, 7) is 15.4. The molecule has 124 valence electrons. The van der Waals surface area contributed by atoms with Gasteiger partial charge in [-0.1, -0.05) is 49.8 Å². The van der Waals surface area contributed by atoms with E-state index in [1.54, 1.807) is 0 Å². The van der Waals surface area contributed by atoms with Gasteiger partial charge in [0.15, 0.2) is 0 Å². The van der Waals surface area contributed by atoms with Gasteiger partial charge in [0, 0.05) is 24.2 Å². The Kier molecular flexibility index (Phi) is 3.92. The van der Waals surface area contributed by atoms with Crippen molar-refractivity contribution < 1.29 is 0 Å². The molecule has 0 radical (unpaired) electrons. The largest absolute Gasteiger partial charge is 0.351 e. The molecule has 2 aliphatic rings. The lowest BCUT2D eigenvalue weighted by Crippen LogP contribution is -2.54. The van der Waals surface area contributed by atoms with Crippen LogP contribution in [0.3, 0.4) is 0 Å². The second-order valence-corrected chi connectivity index (χ2v) is 7.95. The van der Waals surface area contributed by atoms with E-state index < -0.39 is 0 Å². The molecule has 3 rings (SSSR count). The highest BCUT2D eigenvalue weighted by molar-refractivity contribution is 5.66. The van der Waals surface area contributed by atoms with Crippen LogP contribution >= 0.6 is 0 Å². The molecule has 2 aliphatic heterocycles. The van der Waals surface area contributed by atoms with Gasteiger partial charge in [0.1, 0.15) is 0 Å². The summed E-state index contributed by atoms with van der Waals surface area (Å²) in [7, 11) is 2.27. The summed E-state index contributed by atoms with van der Waals surface area (Å²) in [4.78, 5) is 5.13. The number of anilines is 1. The van der Waals surface area contributed by atoms with Crippen molar-refractivity contribution in [1.82, 2.24) is 4.90 Å². The fraction of sp³-hybridized carbons (Fsp3) is 0.524. The molecule has 1 fully saturated rings. The Hall–Kier alpha value is -1.54. The Labute approximate surface area is 141 Å². The first-order chi connectivity index (χ1) is 10.8. The van der Waals surface area contributed by atoms with Crippen molar-refractivity contribution in [3.05, 3.63) is 54.1 Å². The fourth-order valence-electron chi connectivity index (χ4n) is 4.65. The molecule has 0 aromatic heterocycles. The summed E-state index contributed by atoms with van der Waals surface area (Å²) in [5.74, 6) is 0. The summed E-state index contributed by atoms with van der Waals surface area (Å²) in [6, 6.07) is 9.00. The molecular formula is C21H30N2. The second-order valence-electron chi connectivity index (χ2n) is 7.95. The number of rotatable bonds is 4. The van der Waals surface area contributed by atoms with Crippen molar-refractivity contribution in [1.29, 1.82) is 0 Å². The van der Waals surface area contributed by atoms with Crippen molar-refractivity contribution in [2.45, 2.75) is 45.7 Å². The summed E-state index contributed by atoms with van der Waals surface area (Å²) in [5, 5.41) is 0. The van der Waals surface area contributed by atoms with Gasteiger partial charge in [-0.25, -0.2) is 0 Å². The van der Waals surface area contributed by atoms with Crippen LogP contribution in [0.2, 0.25) is 0 Å². The molecule has 0 saturated carbocycles. The summed E-state index contributed by atoms with van der Waals surface area (Å²) in [5.41, 5.74) is 4.45. The van der Waals surface area contributed by atoms with Crippen LogP contribution in [-0.4, -0.2) is 31.2 Å². The van der Waals surface area contributed by atoms with Gasteiger partial charge in [0.25, 0.3) is 0 Å². The van der Waals surface area contributed by atoms with Crippen molar-refractivity contribution in [2.75, 3.05) is 25.0 Å². The number of likely N-dealkylation sites (N-methyl/N-ethyl adjacent to an activating group) is 1. The minimum atomic E-state index is 0.0538. The smallest absolute Gasteiger partial charge is 0.0929 e. The number of hydrogen-bond acceptors (Lipinski definition) is 2. The van der Waals surface area contributed by atoms with E-state index in [9.17, 15) is 0 Å². The topological polar surface area (TPSA) is 6.48 Å². The number of para-hydroxylation sites is 1. The van der Waals surface area contributed by atoms with Gasteiger partial charge in [-0.2, -0.15) is 0 Å². The van der Waals surface area contributed by atoms with Gasteiger partial charge >= 0.3 is 0 Å². The van der Waals surface area contributed by atoms with E-state index in [0.29, 0.717) is 6.17 Å². The van der Waals surface area contributed by atoms with Gasteiger partial charge in [-0.15, -0.1) is 6.58 Å². The monoisotopic (exact) mass is 310 g/mol. The Morgan fingerprint density at radius 1 is 1.35 bits per heavy atom. The van der Waals surface area contributed by atoms with E-state index >= 15 is 0 Å². The van der Waals surface area contributed by atoms with Gasteiger partial charge < -0.3 is 4.90 Å². The Morgan fingerprint density at radius 2 is 2.04 bits per heavy atom. The third-order valence-corrected chi connectivity index (χ3v) is 6.06. The average Bonchev–Trinajstić information content (AvgIpc) is 3.01. The van der Waals surface area contributed by atoms with Gasteiger partial charge in [-0.05, 0) is 44.4 Å². The number of hydrogen-bond donors (Lipinski definition) is 0. The highest BCUT2D eigenvalue weighted by Crippen LogP contribution is 2.60. The predicted molar refractivity (Wildman–Crippen MR) is 99.9 cm³/mol. The van der Waals surface area contributed by atoms with Crippen LogP contribution < -0.4 is 4.90 Å². The van der Waals surface area contributed by atoms with Crippen LogP contribution in [0.1, 0.15) is 39.7 Å². The molecule has 0 aliphatic carbocycles. The fourth-order valence-corrected chi connectivity index (χ4v) is 4.65. The minimum Gasteiger partial charge on any atom is -0.351 e. The lowest BCUT2D eigenvalue weighted by molar-refractivity contribution is 0.161. The first-order valence-corrected chi connectivity index (χ1v) is 8.68. The zero-order valence-corrected chi connectivity index (χ0v) is 15.3. The van der Waals surface area contributed by atoms with Crippen LogP contribution in [0, 0.1) is 5.41 Å². The van der Waals surface area contributed by atoms with Crippen LogP contribution in [0.25, 0.3) is 0 Å². The minimum absolute atomic E-state index is 0.0538. The molecule has 0 spiro atoms. The lowest BCUT2D eigenvalue weighted by Gasteiger charge is -2.45. The molecule has 1 aromatic rings. The molecule has 0 bridgehead atoms. The maximum atomic E-state index is 4.18. The molecule has 2 heterocycles. The van der Waals surface area contributed by atoms with Crippen molar-refractivity contribution in [3.63, 3.8) is 0 Å². The number of benzene rings is 1. The van der Waals surface area contributed by atoms with Gasteiger partial charge in [-0.3, -0.25) is 4.90 Å². The third kappa shape index (κ3) is 2.19. The molecule has 2 heteroatoms. The second kappa shape index (κ2) is 5.52. The molecule has 0 N–H and O–H groups in total. The molecule has 1 saturated heterocycles. The van der Waals surface area contributed by atoms with Crippen LogP contribution in [0.15, 0.2) is 48.6 Å². The zero-order chi connectivity index (χ0) is 16.8. The van der Waals surface area contributed by atoms with Crippen LogP contribution in [-0.2, 0) is 5.41 Å². The van der Waals surface area contributed by atoms with E-state index in [1.165, 1.54) is 23.2 Å². The number of allylic oxidation sites excluding steroid dienone is 2. The number of likely N-dealkylation sites (tertiary alicyclic amines) is 1. The van der Waals surface area contributed by atoms with Crippen molar-refractivity contribution in [3.8, 4) is 0 Å². The van der Waals surface area contributed by atoms with E-state index in [0.717, 1.165) is 13.1 Å². The van der Waals surface area contributed by atoms with E-state index in [-0.39, 0.29) is 10.8 Å². The summed E-state index contributed by atoms with van der Waals surface area (Å²) >= 11 is 0. The average molecular weight is 310 g/mol. The van der Waals surface area contributed by atoms with Gasteiger partial charge in [0.2, 0.25) is 0 Å². The Bertz CT molecular complexity index is 639.